The van der Waals surface area contributed by atoms with Crippen LogP contribution in [0, 0.1) is 11.6 Å². The standard InChI is InChI=1S/C20H15F7OS/c21-10-6-9-2-1-3-12(16(9)14(22)7-10)11-4-5-15(29-20(25,26)27)17-13(11)8-19(23,24)18(17)28/h4-7,12,18,28H,1-3,8H2/t12-,18+/m1/s1. The number of aliphatic hydroxyl groups excluding tert-OH is 1. The van der Waals surface area contributed by atoms with Gasteiger partial charge in [0.25, 0.3) is 5.92 Å². The average molecular weight is 436 g/mol. The van der Waals surface area contributed by atoms with E-state index in [1.54, 1.807) is 0 Å². The van der Waals surface area contributed by atoms with E-state index in [0.717, 1.165) is 6.07 Å². The van der Waals surface area contributed by atoms with E-state index in [9.17, 15) is 35.8 Å². The van der Waals surface area contributed by atoms with Crippen LogP contribution in [0.4, 0.5) is 30.7 Å². The molecule has 9 heteroatoms. The Bertz CT molecular complexity index is 970. The Hall–Kier alpha value is -1.74. The van der Waals surface area contributed by atoms with Gasteiger partial charge in [0.15, 0.2) is 0 Å². The highest BCUT2D eigenvalue weighted by Crippen LogP contribution is 2.53. The lowest BCUT2D eigenvalue weighted by Gasteiger charge is -2.28. The summed E-state index contributed by atoms with van der Waals surface area (Å²) in [6.45, 7) is 0. The van der Waals surface area contributed by atoms with E-state index in [0.29, 0.717) is 30.9 Å². The van der Waals surface area contributed by atoms with Crippen LogP contribution in [0.2, 0.25) is 0 Å². The Morgan fingerprint density at radius 2 is 1.79 bits per heavy atom. The largest absolute Gasteiger partial charge is 0.446 e. The molecular weight excluding hydrogens is 421 g/mol. The summed E-state index contributed by atoms with van der Waals surface area (Å²) < 4.78 is 95.3. The maximum absolute atomic E-state index is 14.6. The van der Waals surface area contributed by atoms with Crippen LogP contribution in [0.5, 0.6) is 0 Å². The normalized spacial score (nSPS) is 23.0. The zero-order valence-electron chi connectivity index (χ0n) is 14.8. The number of aliphatic hydroxyl groups is 1. The molecule has 0 saturated heterocycles. The second-order valence-corrected chi connectivity index (χ2v) is 8.45. The molecule has 0 amide bonds. The van der Waals surface area contributed by atoms with Crippen molar-refractivity contribution < 1.29 is 35.8 Å². The van der Waals surface area contributed by atoms with Crippen molar-refractivity contribution >= 4 is 11.8 Å². The zero-order valence-corrected chi connectivity index (χ0v) is 15.6. The number of aryl methyl sites for hydroxylation is 1. The summed E-state index contributed by atoms with van der Waals surface area (Å²) in [5.41, 5.74) is -4.39. The van der Waals surface area contributed by atoms with Gasteiger partial charge in [-0.1, -0.05) is 6.07 Å². The molecule has 4 rings (SSSR count). The van der Waals surface area contributed by atoms with Crippen molar-refractivity contribution in [1.82, 2.24) is 0 Å². The molecule has 2 aromatic carbocycles. The molecule has 0 fully saturated rings. The van der Waals surface area contributed by atoms with Gasteiger partial charge in [-0.15, -0.1) is 0 Å². The second-order valence-electron chi connectivity index (χ2n) is 7.34. The fourth-order valence-corrected chi connectivity index (χ4v) is 5.16. The molecule has 0 bridgehead atoms. The second kappa shape index (κ2) is 6.91. The number of alkyl halides is 5. The number of thioether (sulfide) groups is 1. The van der Waals surface area contributed by atoms with Crippen molar-refractivity contribution in [3.05, 3.63) is 63.7 Å². The van der Waals surface area contributed by atoms with Gasteiger partial charge >= 0.3 is 5.51 Å². The molecule has 0 radical (unpaired) electrons. The Morgan fingerprint density at radius 3 is 2.48 bits per heavy atom. The molecule has 0 heterocycles. The predicted octanol–water partition coefficient (Wildman–Crippen LogP) is 6.27. The monoisotopic (exact) mass is 436 g/mol. The van der Waals surface area contributed by atoms with Gasteiger partial charge in [0, 0.05) is 28.9 Å². The number of hydrogen-bond donors (Lipinski definition) is 1. The highest BCUT2D eigenvalue weighted by molar-refractivity contribution is 8.00. The third kappa shape index (κ3) is 3.63. The number of hydrogen-bond acceptors (Lipinski definition) is 2. The molecule has 2 aromatic rings. The van der Waals surface area contributed by atoms with Gasteiger partial charge in [0.1, 0.15) is 17.7 Å². The third-order valence-electron chi connectivity index (χ3n) is 5.51. The van der Waals surface area contributed by atoms with Crippen LogP contribution in [-0.2, 0) is 12.8 Å². The number of rotatable bonds is 2. The number of fused-ring (bicyclic) bond motifs is 2. The van der Waals surface area contributed by atoms with E-state index in [1.165, 1.54) is 12.1 Å². The Kier molecular flexibility index (Phi) is 4.89. The van der Waals surface area contributed by atoms with Crippen molar-refractivity contribution in [2.75, 3.05) is 0 Å². The van der Waals surface area contributed by atoms with Crippen molar-refractivity contribution in [1.29, 1.82) is 0 Å². The van der Waals surface area contributed by atoms with Gasteiger partial charge in [-0.25, -0.2) is 17.6 Å². The van der Waals surface area contributed by atoms with E-state index in [4.69, 9.17) is 0 Å². The van der Waals surface area contributed by atoms with Crippen molar-refractivity contribution in [3.63, 3.8) is 0 Å². The summed E-state index contributed by atoms with van der Waals surface area (Å²) in [5, 5.41) is 10.0. The van der Waals surface area contributed by atoms with Crippen LogP contribution in [0.25, 0.3) is 0 Å². The van der Waals surface area contributed by atoms with Gasteiger partial charge in [-0.05, 0) is 65.4 Å². The molecule has 156 valence electrons. The third-order valence-corrected chi connectivity index (χ3v) is 6.32. The quantitative estimate of drug-likeness (QED) is 0.442. The fourth-order valence-electron chi connectivity index (χ4n) is 4.43. The van der Waals surface area contributed by atoms with Crippen molar-refractivity contribution in [2.24, 2.45) is 0 Å². The molecule has 0 aliphatic heterocycles. The minimum Gasteiger partial charge on any atom is -0.382 e. The first-order valence-electron chi connectivity index (χ1n) is 8.93. The molecule has 0 saturated carbocycles. The van der Waals surface area contributed by atoms with E-state index < -0.39 is 63.7 Å². The lowest BCUT2D eigenvalue weighted by atomic mass is 9.76. The summed E-state index contributed by atoms with van der Waals surface area (Å²) in [5.74, 6) is -5.87. The first-order valence-corrected chi connectivity index (χ1v) is 9.74. The topological polar surface area (TPSA) is 20.2 Å². The molecule has 2 atom stereocenters. The number of benzene rings is 2. The minimum atomic E-state index is -4.71. The molecule has 0 aromatic heterocycles. The van der Waals surface area contributed by atoms with Gasteiger partial charge < -0.3 is 5.11 Å². The maximum Gasteiger partial charge on any atom is 0.446 e. The van der Waals surface area contributed by atoms with Gasteiger partial charge in [0.2, 0.25) is 0 Å². The summed E-state index contributed by atoms with van der Waals surface area (Å²) >= 11 is -0.560. The summed E-state index contributed by atoms with van der Waals surface area (Å²) in [7, 11) is 0. The Labute approximate surface area is 165 Å². The van der Waals surface area contributed by atoms with Gasteiger partial charge in [-0.2, -0.15) is 13.2 Å². The van der Waals surface area contributed by atoms with Crippen molar-refractivity contribution in [2.45, 2.75) is 54.0 Å². The minimum absolute atomic E-state index is 0.0849. The van der Waals surface area contributed by atoms with Crippen LogP contribution in [-0.4, -0.2) is 16.5 Å². The highest BCUT2D eigenvalue weighted by atomic mass is 32.2. The lowest BCUT2D eigenvalue weighted by molar-refractivity contribution is -0.0977. The first kappa shape index (κ1) is 20.5. The maximum atomic E-state index is 14.6. The molecule has 1 nitrogen and oxygen atoms in total. The van der Waals surface area contributed by atoms with Crippen LogP contribution < -0.4 is 0 Å². The first-order chi connectivity index (χ1) is 13.5. The molecule has 0 spiro atoms. The smallest absolute Gasteiger partial charge is 0.382 e. The molecule has 2 aliphatic rings. The van der Waals surface area contributed by atoms with Crippen LogP contribution in [0.3, 0.4) is 0 Å². The summed E-state index contributed by atoms with van der Waals surface area (Å²) in [6.07, 6.45) is -1.95. The van der Waals surface area contributed by atoms with Gasteiger partial charge in [0.05, 0.1) is 0 Å². The summed E-state index contributed by atoms with van der Waals surface area (Å²) in [4.78, 5) is -0.489. The molecule has 0 unspecified atom stereocenters. The highest BCUT2D eigenvalue weighted by Gasteiger charge is 2.50. The molecule has 29 heavy (non-hydrogen) atoms. The SMILES string of the molecule is O[C@H]1c2c(SC(F)(F)F)ccc([C@H]3CCCc4cc(F)cc(F)c43)c2CC1(F)F. The van der Waals surface area contributed by atoms with E-state index >= 15 is 0 Å². The van der Waals surface area contributed by atoms with E-state index in [2.05, 4.69) is 0 Å². The number of halogens is 7. The van der Waals surface area contributed by atoms with Crippen LogP contribution in [0.1, 0.15) is 52.7 Å². The zero-order chi connectivity index (χ0) is 21.1. The summed E-state index contributed by atoms with van der Waals surface area (Å²) in [6, 6.07) is 4.26. The fraction of sp³-hybridized carbons (Fsp3) is 0.400. The van der Waals surface area contributed by atoms with Gasteiger partial charge in [-0.3, -0.25) is 0 Å². The predicted molar refractivity (Wildman–Crippen MR) is 93.1 cm³/mol. The molecule has 1 N–H and O–H groups in total. The average Bonchev–Trinajstić information content (AvgIpc) is 2.83. The van der Waals surface area contributed by atoms with Crippen molar-refractivity contribution in [3.8, 4) is 0 Å². The van der Waals surface area contributed by atoms with Crippen LogP contribution in [0.15, 0.2) is 29.2 Å². The Balaban J connectivity index is 1.88. The lowest BCUT2D eigenvalue weighted by Crippen LogP contribution is -2.22. The molecular formula is C20H15F7OS. The molecule has 2 aliphatic carbocycles. The van der Waals surface area contributed by atoms with E-state index in [1.807, 2.05) is 0 Å². The van der Waals surface area contributed by atoms with Crippen LogP contribution >= 0.6 is 11.8 Å². The van der Waals surface area contributed by atoms with E-state index in [-0.39, 0.29) is 16.7 Å². The Morgan fingerprint density at radius 1 is 1.07 bits per heavy atom.